The van der Waals surface area contributed by atoms with Crippen LogP contribution in [0, 0.1) is 0 Å². The van der Waals surface area contributed by atoms with Crippen molar-refractivity contribution in [1.82, 2.24) is 0 Å². The van der Waals surface area contributed by atoms with E-state index in [1.807, 2.05) is 0 Å². The third kappa shape index (κ3) is 1860. The molecule has 0 radical (unpaired) electrons. The van der Waals surface area contributed by atoms with Crippen LogP contribution in [0.3, 0.4) is 0 Å². The summed E-state index contributed by atoms with van der Waals surface area (Å²) in [5.74, 6) is 0. The molecule has 0 bridgehead atoms. The second-order valence-electron chi connectivity index (χ2n) is 0.767. The van der Waals surface area contributed by atoms with Crippen molar-refractivity contribution in [3.05, 3.63) is 0 Å². The summed E-state index contributed by atoms with van der Waals surface area (Å²) in [7, 11) is -16.5. The van der Waals surface area contributed by atoms with Crippen molar-refractivity contribution < 1.29 is 69.8 Å². The van der Waals surface area contributed by atoms with Gasteiger partial charge in [-0.25, -0.2) is 0 Å². The van der Waals surface area contributed by atoms with E-state index in [0.29, 0.717) is 0 Å². The first-order chi connectivity index (χ1) is 6.93. The summed E-state index contributed by atoms with van der Waals surface area (Å²) in [5, 5.41) is 0. The fourth-order valence-electron chi connectivity index (χ4n) is 0. The molecule has 0 saturated heterocycles. The van der Waals surface area contributed by atoms with Crippen LogP contribution in [0.4, 0.5) is 50.4 Å². The molecule has 0 heterocycles. The van der Waals surface area contributed by atoms with Crippen molar-refractivity contribution in [3.63, 3.8) is 0 Å². The SMILES string of the molecule is FP(F)F.FP(F)F.FP(F)F.FP(F)F.[RuH2+2]. The monoisotopic (exact) mass is 456 g/mol. The maximum atomic E-state index is 9.73. The molecule has 17 heavy (non-hydrogen) atoms. The minimum atomic E-state index is -4.12. The van der Waals surface area contributed by atoms with E-state index < -0.39 is 35.4 Å². The van der Waals surface area contributed by atoms with Gasteiger partial charge in [-0.1, -0.05) is 0 Å². The molecular weight excluding hydrogens is 453 g/mol. The molecule has 17 heteroatoms. The predicted molar refractivity (Wildman–Crippen MR) is 43.8 cm³/mol. The van der Waals surface area contributed by atoms with Gasteiger partial charge in [-0.2, -0.15) is 50.4 Å². The first kappa shape index (κ1) is 31.1. The van der Waals surface area contributed by atoms with Gasteiger partial charge in [0.2, 0.25) is 0 Å². The van der Waals surface area contributed by atoms with E-state index in [-0.39, 0.29) is 19.5 Å². The molecule has 0 aliphatic carbocycles. The van der Waals surface area contributed by atoms with Crippen molar-refractivity contribution in [1.29, 1.82) is 0 Å². The number of hydrogen-bond donors (Lipinski definition) is 0. The number of halogens is 12. The Hall–Kier alpha value is 1.50. The van der Waals surface area contributed by atoms with E-state index in [1.165, 1.54) is 0 Å². The Labute approximate surface area is 106 Å². The average molecular weight is 455 g/mol. The summed E-state index contributed by atoms with van der Waals surface area (Å²) in [4.78, 5) is 0. The summed E-state index contributed by atoms with van der Waals surface area (Å²) >= 11 is 0. The Morgan fingerprint density at radius 2 is 0.294 bits per heavy atom. The van der Waals surface area contributed by atoms with E-state index in [9.17, 15) is 50.4 Å². The van der Waals surface area contributed by atoms with Crippen LogP contribution in [0.1, 0.15) is 0 Å². The molecule has 0 aliphatic heterocycles. The number of rotatable bonds is 0. The molecule has 0 fully saturated rings. The molecule has 0 nitrogen and oxygen atoms in total. The molecule has 0 rings (SSSR count). The van der Waals surface area contributed by atoms with Gasteiger partial charge in [-0.3, -0.25) is 0 Å². The topological polar surface area (TPSA) is 0 Å². The zero-order valence-electron chi connectivity index (χ0n) is 6.73. The Bertz CT molecular complexity index is 61.5. The van der Waals surface area contributed by atoms with Crippen LogP contribution in [0.15, 0.2) is 0 Å². The van der Waals surface area contributed by atoms with Gasteiger partial charge in [-0.15, -0.1) is 0 Å². The summed E-state index contributed by atoms with van der Waals surface area (Å²) in [5.41, 5.74) is 0. The Morgan fingerprint density at radius 1 is 0.294 bits per heavy atom. The summed E-state index contributed by atoms with van der Waals surface area (Å²) < 4.78 is 117. The van der Waals surface area contributed by atoms with E-state index in [4.69, 9.17) is 0 Å². The van der Waals surface area contributed by atoms with Crippen LogP contribution in [-0.4, -0.2) is 0 Å². The molecule has 0 aromatic carbocycles. The summed E-state index contributed by atoms with van der Waals surface area (Å²) in [6.07, 6.45) is 0. The molecule has 0 atom stereocenters. The van der Waals surface area contributed by atoms with Crippen LogP contribution < -0.4 is 0 Å². The van der Waals surface area contributed by atoms with Gasteiger partial charge in [0, 0.05) is 0 Å². The molecule has 0 amide bonds. The van der Waals surface area contributed by atoms with Crippen molar-refractivity contribution in [2.24, 2.45) is 0 Å². The standard InChI is InChI=1S/4F3P.Ru.2H/c4*1-4(2)3;;;/q;;;;+2;;. The van der Waals surface area contributed by atoms with Crippen molar-refractivity contribution >= 4 is 35.4 Å². The van der Waals surface area contributed by atoms with Gasteiger partial charge in [0.15, 0.2) is 0 Å². The molecule has 0 spiro atoms. The number of hydrogen-bond acceptors (Lipinski definition) is 0. The molecule has 112 valence electrons. The fourth-order valence-corrected chi connectivity index (χ4v) is 0. The Balaban J connectivity index is -0.0000000369. The van der Waals surface area contributed by atoms with Crippen LogP contribution >= 0.6 is 35.4 Å². The second kappa shape index (κ2) is 26.1. The molecule has 0 unspecified atom stereocenters. The zero-order chi connectivity index (χ0) is 14.3. The zero-order valence-corrected chi connectivity index (χ0v) is 12.3. The molecule has 0 aliphatic rings. The van der Waals surface area contributed by atoms with Crippen LogP contribution in [0.2, 0.25) is 0 Å². The molecule has 0 aromatic heterocycles. The normalized spacial score (nSPS) is 8.47. The fraction of sp³-hybridized carbons (Fsp3) is 0. The summed E-state index contributed by atoms with van der Waals surface area (Å²) in [6.45, 7) is 0. The maximum absolute atomic E-state index is 9.73. The van der Waals surface area contributed by atoms with E-state index in [1.54, 1.807) is 0 Å². The molecule has 0 saturated carbocycles. The van der Waals surface area contributed by atoms with Gasteiger partial charge < -0.3 is 0 Å². The van der Waals surface area contributed by atoms with E-state index in [0.717, 1.165) is 0 Å². The third-order valence-electron chi connectivity index (χ3n) is 0. The van der Waals surface area contributed by atoms with Crippen LogP contribution in [0.5, 0.6) is 0 Å². The van der Waals surface area contributed by atoms with E-state index >= 15 is 0 Å². The van der Waals surface area contributed by atoms with Crippen molar-refractivity contribution in [3.8, 4) is 0 Å². The van der Waals surface area contributed by atoms with Gasteiger partial charge in [0.25, 0.3) is 0 Å². The predicted octanol–water partition coefficient (Wildman–Crippen LogP) is 7.95. The van der Waals surface area contributed by atoms with Gasteiger partial charge in [-0.05, 0) is 0 Å². The second-order valence-corrected chi connectivity index (χ2v) is 2.30. The van der Waals surface area contributed by atoms with Crippen molar-refractivity contribution in [2.75, 3.05) is 0 Å². The average Bonchev–Trinajstić information content (AvgIpc) is 1.76. The molecule has 0 aromatic rings. The third-order valence-corrected chi connectivity index (χ3v) is 0. The van der Waals surface area contributed by atoms with E-state index in [2.05, 4.69) is 0 Å². The van der Waals surface area contributed by atoms with Gasteiger partial charge in [0.05, 0.1) is 0 Å². The van der Waals surface area contributed by atoms with Gasteiger partial charge >= 0.3 is 54.9 Å². The Kier molecular flexibility index (Phi) is 47.8. The molecular formula is H2F12P4Ru+2. The molecule has 0 N–H and O–H groups in total. The van der Waals surface area contributed by atoms with Crippen molar-refractivity contribution in [2.45, 2.75) is 0 Å². The van der Waals surface area contributed by atoms with Crippen LogP contribution in [0.25, 0.3) is 0 Å². The quantitative estimate of drug-likeness (QED) is 0.198. The first-order valence-electron chi connectivity index (χ1n) is 2.03. The Morgan fingerprint density at radius 3 is 0.294 bits per heavy atom. The summed E-state index contributed by atoms with van der Waals surface area (Å²) in [6, 6.07) is 0. The van der Waals surface area contributed by atoms with Gasteiger partial charge in [0.1, 0.15) is 0 Å². The minimum absolute atomic E-state index is 0. The van der Waals surface area contributed by atoms with Crippen LogP contribution in [-0.2, 0) is 19.5 Å². The first-order valence-corrected chi connectivity index (χ1v) is 6.09.